The molecule has 2 aromatic rings. The first-order chi connectivity index (χ1) is 9.62. The second kappa shape index (κ2) is 6.54. The maximum absolute atomic E-state index is 9.03. The van der Waals surface area contributed by atoms with Gasteiger partial charge in [0.05, 0.1) is 12.0 Å². The fourth-order valence-corrected chi connectivity index (χ4v) is 2.53. The topological polar surface area (TPSA) is 27.0 Å². The van der Waals surface area contributed by atoms with Crippen LogP contribution in [0.15, 0.2) is 36.4 Å². The summed E-state index contributed by atoms with van der Waals surface area (Å²) in [6.07, 6.45) is 0.915. The summed E-state index contributed by atoms with van der Waals surface area (Å²) < 4.78 is 0. The van der Waals surface area contributed by atoms with Gasteiger partial charge in [-0.2, -0.15) is 5.26 Å². The molecule has 0 spiro atoms. The molecular formula is C18H22N2. The van der Waals surface area contributed by atoms with Gasteiger partial charge in [0.15, 0.2) is 0 Å². The average Bonchev–Trinajstić information content (AvgIpc) is 2.45. The second-order valence-electron chi connectivity index (χ2n) is 5.62. The molecule has 0 bridgehead atoms. The van der Waals surface area contributed by atoms with E-state index in [2.05, 4.69) is 68.3 Å². The van der Waals surface area contributed by atoms with Crippen molar-refractivity contribution in [3.8, 4) is 6.07 Å². The van der Waals surface area contributed by atoms with Gasteiger partial charge in [0, 0.05) is 13.1 Å². The van der Waals surface area contributed by atoms with Crippen LogP contribution in [0, 0.1) is 24.2 Å². The van der Waals surface area contributed by atoms with Crippen LogP contribution in [0.4, 0.5) is 0 Å². The SMILES string of the molecule is CCC(C#N)CN(C)Cc1ccc2cc(C)ccc2c1. The first-order valence-electron chi connectivity index (χ1n) is 7.20. The maximum Gasteiger partial charge on any atom is 0.0669 e. The predicted octanol–water partition coefficient (Wildman–Crippen LogP) is 4.13. The number of hydrogen-bond acceptors (Lipinski definition) is 2. The van der Waals surface area contributed by atoms with Crippen molar-refractivity contribution in [2.75, 3.05) is 13.6 Å². The summed E-state index contributed by atoms with van der Waals surface area (Å²) in [5.41, 5.74) is 2.60. The van der Waals surface area contributed by atoms with Gasteiger partial charge in [-0.05, 0) is 42.8 Å². The van der Waals surface area contributed by atoms with Crippen LogP contribution in [0.3, 0.4) is 0 Å². The molecule has 0 saturated carbocycles. The predicted molar refractivity (Wildman–Crippen MR) is 84.4 cm³/mol. The first-order valence-corrected chi connectivity index (χ1v) is 7.20. The summed E-state index contributed by atoms with van der Waals surface area (Å²) in [7, 11) is 2.08. The lowest BCUT2D eigenvalue weighted by atomic mass is 10.0. The lowest BCUT2D eigenvalue weighted by Crippen LogP contribution is -2.24. The number of aryl methyl sites for hydroxylation is 1. The molecule has 20 heavy (non-hydrogen) atoms. The molecule has 2 rings (SSSR count). The summed E-state index contributed by atoms with van der Waals surface area (Å²) in [6.45, 7) is 5.91. The Hall–Kier alpha value is -1.85. The normalized spacial score (nSPS) is 12.6. The van der Waals surface area contributed by atoms with Gasteiger partial charge in [0.25, 0.3) is 0 Å². The molecule has 0 heterocycles. The molecule has 1 atom stereocenters. The van der Waals surface area contributed by atoms with Crippen LogP contribution in [-0.2, 0) is 6.54 Å². The molecule has 2 heteroatoms. The van der Waals surface area contributed by atoms with Gasteiger partial charge in [0.1, 0.15) is 0 Å². The van der Waals surface area contributed by atoms with Gasteiger partial charge >= 0.3 is 0 Å². The zero-order valence-electron chi connectivity index (χ0n) is 12.6. The Labute approximate surface area is 121 Å². The number of fused-ring (bicyclic) bond motifs is 1. The Balaban J connectivity index is 2.10. The van der Waals surface area contributed by atoms with E-state index < -0.39 is 0 Å². The summed E-state index contributed by atoms with van der Waals surface area (Å²) in [4.78, 5) is 2.23. The van der Waals surface area contributed by atoms with E-state index in [9.17, 15) is 0 Å². The molecule has 0 aromatic heterocycles. The van der Waals surface area contributed by atoms with Crippen molar-refractivity contribution in [1.82, 2.24) is 4.90 Å². The molecule has 0 amide bonds. The zero-order valence-corrected chi connectivity index (χ0v) is 12.6. The van der Waals surface area contributed by atoms with Crippen molar-refractivity contribution in [3.05, 3.63) is 47.5 Å². The highest BCUT2D eigenvalue weighted by Crippen LogP contribution is 2.18. The molecule has 0 radical (unpaired) electrons. The number of rotatable bonds is 5. The van der Waals surface area contributed by atoms with Crippen LogP contribution in [-0.4, -0.2) is 18.5 Å². The molecule has 0 aliphatic heterocycles. The number of nitriles is 1. The maximum atomic E-state index is 9.03. The molecule has 0 aliphatic carbocycles. The van der Waals surface area contributed by atoms with E-state index in [0.717, 1.165) is 19.5 Å². The molecule has 104 valence electrons. The minimum Gasteiger partial charge on any atom is -0.301 e. The Bertz CT molecular complexity index is 625. The Morgan fingerprint density at radius 3 is 2.55 bits per heavy atom. The molecule has 0 aliphatic rings. The van der Waals surface area contributed by atoms with Gasteiger partial charge in [-0.15, -0.1) is 0 Å². The number of nitrogens with zero attached hydrogens (tertiary/aromatic N) is 2. The molecule has 2 aromatic carbocycles. The summed E-state index contributed by atoms with van der Waals surface area (Å²) in [6, 6.07) is 15.5. The smallest absolute Gasteiger partial charge is 0.0669 e. The molecule has 0 saturated heterocycles. The molecule has 0 fully saturated rings. The number of hydrogen-bond donors (Lipinski definition) is 0. The van der Waals surface area contributed by atoms with Gasteiger partial charge in [0.2, 0.25) is 0 Å². The van der Waals surface area contributed by atoms with E-state index in [0.29, 0.717) is 0 Å². The fraction of sp³-hybridized carbons (Fsp3) is 0.389. The van der Waals surface area contributed by atoms with Crippen molar-refractivity contribution >= 4 is 10.8 Å². The minimum atomic E-state index is 0.128. The van der Waals surface area contributed by atoms with Gasteiger partial charge in [-0.3, -0.25) is 0 Å². The third-order valence-corrected chi connectivity index (χ3v) is 3.72. The third kappa shape index (κ3) is 3.59. The van der Waals surface area contributed by atoms with Crippen LogP contribution < -0.4 is 0 Å². The van der Waals surface area contributed by atoms with E-state index in [4.69, 9.17) is 5.26 Å². The van der Waals surface area contributed by atoms with E-state index in [1.807, 2.05) is 0 Å². The van der Waals surface area contributed by atoms with Crippen molar-refractivity contribution in [2.24, 2.45) is 5.92 Å². The molecule has 2 nitrogen and oxygen atoms in total. The second-order valence-corrected chi connectivity index (χ2v) is 5.62. The highest BCUT2D eigenvalue weighted by molar-refractivity contribution is 5.83. The fourth-order valence-electron chi connectivity index (χ4n) is 2.53. The van der Waals surface area contributed by atoms with Crippen molar-refractivity contribution in [1.29, 1.82) is 5.26 Å². The highest BCUT2D eigenvalue weighted by Gasteiger charge is 2.09. The van der Waals surface area contributed by atoms with Crippen molar-refractivity contribution in [2.45, 2.75) is 26.8 Å². The zero-order chi connectivity index (χ0) is 14.5. The first kappa shape index (κ1) is 14.6. The van der Waals surface area contributed by atoms with Gasteiger partial charge < -0.3 is 4.90 Å². The van der Waals surface area contributed by atoms with Crippen LogP contribution in [0.25, 0.3) is 10.8 Å². The minimum absolute atomic E-state index is 0.128. The Morgan fingerprint density at radius 2 is 1.85 bits per heavy atom. The lowest BCUT2D eigenvalue weighted by Gasteiger charge is -2.19. The monoisotopic (exact) mass is 266 g/mol. The molecular weight excluding hydrogens is 244 g/mol. The van der Waals surface area contributed by atoms with Gasteiger partial charge in [-0.25, -0.2) is 0 Å². The third-order valence-electron chi connectivity index (χ3n) is 3.72. The van der Waals surface area contributed by atoms with Crippen molar-refractivity contribution in [3.63, 3.8) is 0 Å². The van der Waals surface area contributed by atoms with E-state index in [1.165, 1.54) is 21.9 Å². The largest absolute Gasteiger partial charge is 0.301 e. The number of benzene rings is 2. The standard InChI is InChI=1S/C18H22N2/c1-4-15(11-19)12-20(3)13-16-6-8-17-9-14(2)5-7-18(17)10-16/h5-10,15H,4,12-13H2,1-3H3. The average molecular weight is 266 g/mol. The Kier molecular flexibility index (Phi) is 4.76. The van der Waals surface area contributed by atoms with Crippen LogP contribution >= 0.6 is 0 Å². The van der Waals surface area contributed by atoms with E-state index in [1.54, 1.807) is 0 Å². The summed E-state index contributed by atoms with van der Waals surface area (Å²) >= 11 is 0. The molecule has 1 unspecified atom stereocenters. The quantitative estimate of drug-likeness (QED) is 0.813. The molecule has 0 N–H and O–H groups in total. The lowest BCUT2D eigenvalue weighted by molar-refractivity contribution is 0.292. The highest BCUT2D eigenvalue weighted by atomic mass is 15.1. The summed E-state index contributed by atoms with van der Waals surface area (Å²) in [5, 5.41) is 11.6. The van der Waals surface area contributed by atoms with Crippen LogP contribution in [0.1, 0.15) is 24.5 Å². The van der Waals surface area contributed by atoms with Crippen LogP contribution in [0.5, 0.6) is 0 Å². The Morgan fingerprint density at radius 1 is 1.15 bits per heavy atom. The summed E-state index contributed by atoms with van der Waals surface area (Å²) in [5.74, 6) is 0.128. The van der Waals surface area contributed by atoms with Gasteiger partial charge in [-0.1, -0.05) is 42.8 Å². The van der Waals surface area contributed by atoms with Crippen molar-refractivity contribution < 1.29 is 0 Å². The van der Waals surface area contributed by atoms with E-state index >= 15 is 0 Å². The van der Waals surface area contributed by atoms with E-state index in [-0.39, 0.29) is 5.92 Å². The van der Waals surface area contributed by atoms with Crippen LogP contribution in [0.2, 0.25) is 0 Å².